The molecule has 0 saturated heterocycles. The van der Waals surface area contributed by atoms with Crippen molar-refractivity contribution in [3.05, 3.63) is 23.9 Å². The van der Waals surface area contributed by atoms with Gasteiger partial charge in [0.25, 0.3) is 0 Å². The Kier molecular flexibility index (Phi) is 4.60. The van der Waals surface area contributed by atoms with Gasteiger partial charge in [-0.3, -0.25) is 0 Å². The fourth-order valence-electron chi connectivity index (χ4n) is 2.35. The van der Waals surface area contributed by atoms with Crippen molar-refractivity contribution in [2.75, 3.05) is 11.1 Å². The summed E-state index contributed by atoms with van der Waals surface area (Å²) < 4.78 is 37.8. The van der Waals surface area contributed by atoms with Crippen LogP contribution in [0.4, 0.5) is 19.0 Å². The Labute approximate surface area is 115 Å². The standard InChI is InChI=1S/C13H17F3N2S/c1-2-19-11-4-3-10(8-11)18-12-7-9(5-6-17-12)13(14,15)16/h5-7,10-11H,2-4,8H2,1H3,(H,17,18). The SMILES string of the molecule is CCSC1CCC(Nc2cc(C(F)(F)F)ccn2)C1. The molecular weight excluding hydrogens is 273 g/mol. The van der Waals surface area contributed by atoms with Crippen LogP contribution >= 0.6 is 11.8 Å². The van der Waals surface area contributed by atoms with Crippen LogP contribution in [0.15, 0.2) is 18.3 Å². The molecule has 0 aliphatic heterocycles. The number of halogens is 3. The summed E-state index contributed by atoms with van der Waals surface area (Å²) in [5, 5.41) is 3.74. The molecule has 2 rings (SSSR count). The smallest absolute Gasteiger partial charge is 0.367 e. The number of anilines is 1. The zero-order valence-electron chi connectivity index (χ0n) is 10.7. The first-order valence-electron chi connectivity index (χ1n) is 6.40. The summed E-state index contributed by atoms with van der Waals surface area (Å²) in [7, 11) is 0. The third-order valence-corrected chi connectivity index (χ3v) is 4.46. The zero-order chi connectivity index (χ0) is 13.9. The van der Waals surface area contributed by atoms with Crippen molar-refractivity contribution in [3.63, 3.8) is 0 Å². The Balaban J connectivity index is 1.97. The highest BCUT2D eigenvalue weighted by molar-refractivity contribution is 7.99. The topological polar surface area (TPSA) is 24.9 Å². The number of aromatic nitrogens is 1. The average molecular weight is 290 g/mol. The molecular formula is C13H17F3N2S. The van der Waals surface area contributed by atoms with E-state index in [2.05, 4.69) is 17.2 Å². The monoisotopic (exact) mass is 290 g/mol. The van der Waals surface area contributed by atoms with Crippen molar-refractivity contribution in [2.24, 2.45) is 0 Å². The third kappa shape index (κ3) is 4.03. The minimum absolute atomic E-state index is 0.236. The number of nitrogens with zero attached hydrogens (tertiary/aromatic N) is 1. The minimum atomic E-state index is -4.31. The van der Waals surface area contributed by atoms with Crippen molar-refractivity contribution in [3.8, 4) is 0 Å². The van der Waals surface area contributed by atoms with Gasteiger partial charge >= 0.3 is 6.18 Å². The van der Waals surface area contributed by atoms with Crippen LogP contribution in [-0.4, -0.2) is 22.0 Å². The van der Waals surface area contributed by atoms with Gasteiger partial charge in [0, 0.05) is 17.5 Å². The number of nitrogens with one attached hydrogen (secondary N) is 1. The predicted molar refractivity (Wildman–Crippen MR) is 72.4 cm³/mol. The Bertz CT molecular complexity index is 423. The lowest BCUT2D eigenvalue weighted by Crippen LogP contribution is -2.17. The summed E-state index contributed by atoms with van der Waals surface area (Å²) >= 11 is 1.92. The normalized spacial score (nSPS) is 23.6. The first kappa shape index (κ1) is 14.5. The maximum absolute atomic E-state index is 12.6. The second kappa shape index (κ2) is 6.03. The highest BCUT2D eigenvalue weighted by Crippen LogP contribution is 2.33. The molecule has 1 saturated carbocycles. The van der Waals surface area contributed by atoms with E-state index in [4.69, 9.17) is 0 Å². The Morgan fingerprint density at radius 3 is 2.89 bits per heavy atom. The Hall–Kier alpha value is -0.910. The second-order valence-electron chi connectivity index (χ2n) is 4.66. The minimum Gasteiger partial charge on any atom is -0.367 e. The largest absolute Gasteiger partial charge is 0.416 e. The van der Waals surface area contributed by atoms with Gasteiger partial charge in [-0.1, -0.05) is 6.92 Å². The molecule has 19 heavy (non-hydrogen) atoms. The van der Waals surface area contributed by atoms with Gasteiger partial charge in [-0.2, -0.15) is 24.9 Å². The van der Waals surface area contributed by atoms with Crippen LogP contribution < -0.4 is 5.32 Å². The zero-order valence-corrected chi connectivity index (χ0v) is 11.5. The molecule has 1 heterocycles. The first-order valence-corrected chi connectivity index (χ1v) is 7.45. The van der Waals surface area contributed by atoms with Gasteiger partial charge in [0.15, 0.2) is 0 Å². The Morgan fingerprint density at radius 1 is 1.42 bits per heavy atom. The van der Waals surface area contributed by atoms with E-state index in [0.717, 1.165) is 37.1 Å². The van der Waals surface area contributed by atoms with Gasteiger partial charge < -0.3 is 5.32 Å². The molecule has 1 aromatic rings. The van der Waals surface area contributed by atoms with Crippen LogP contribution in [0, 0.1) is 0 Å². The number of hydrogen-bond donors (Lipinski definition) is 1. The molecule has 0 aromatic carbocycles. The van der Waals surface area contributed by atoms with Crippen LogP contribution in [0.3, 0.4) is 0 Å². The van der Waals surface area contributed by atoms with E-state index in [0.29, 0.717) is 11.1 Å². The maximum Gasteiger partial charge on any atom is 0.416 e. The molecule has 1 fully saturated rings. The van der Waals surface area contributed by atoms with Crippen LogP contribution in [0.1, 0.15) is 31.7 Å². The summed E-state index contributed by atoms with van der Waals surface area (Å²) in [5.74, 6) is 1.40. The lowest BCUT2D eigenvalue weighted by atomic mass is 10.2. The molecule has 0 radical (unpaired) electrons. The fraction of sp³-hybridized carbons (Fsp3) is 0.615. The van der Waals surface area contributed by atoms with Crippen LogP contribution in [-0.2, 0) is 6.18 Å². The van der Waals surface area contributed by atoms with Gasteiger partial charge in [-0.25, -0.2) is 4.98 Å². The highest BCUT2D eigenvalue weighted by atomic mass is 32.2. The maximum atomic E-state index is 12.6. The molecule has 0 bridgehead atoms. The lowest BCUT2D eigenvalue weighted by Gasteiger charge is -2.15. The summed E-state index contributed by atoms with van der Waals surface area (Å²) in [6.07, 6.45) is 0.00911. The van der Waals surface area contributed by atoms with Gasteiger partial charge in [-0.05, 0) is 37.1 Å². The first-order chi connectivity index (χ1) is 8.99. The van der Waals surface area contributed by atoms with E-state index in [9.17, 15) is 13.2 Å². The molecule has 1 aromatic heterocycles. The predicted octanol–water partition coefficient (Wildman–Crippen LogP) is 4.19. The number of pyridine rings is 1. The van der Waals surface area contributed by atoms with E-state index < -0.39 is 11.7 Å². The number of thioether (sulfide) groups is 1. The molecule has 0 amide bonds. The molecule has 1 aliphatic rings. The molecule has 0 spiro atoms. The summed E-state index contributed by atoms with van der Waals surface area (Å²) in [4.78, 5) is 3.97. The van der Waals surface area contributed by atoms with Crippen molar-refractivity contribution >= 4 is 17.6 Å². The van der Waals surface area contributed by atoms with Gasteiger partial charge in [-0.15, -0.1) is 0 Å². The average Bonchev–Trinajstić information content (AvgIpc) is 2.76. The number of alkyl halides is 3. The van der Waals surface area contributed by atoms with Crippen LogP contribution in [0.2, 0.25) is 0 Å². The summed E-state index contributed by atoms with van der Waals surface area (Å²) in [5.41, 5.74) is -0.650. The summed E-state index contributed by atoms with van der Waals surface area (Å²) in [6, 6.07) is 2.32. The lowest BCUT2D eigenvalue weighted by molar-refractivity contribution is -0.137. The van der Waals surface area contributed by atoms with Crippen molar-refractivity contribution in [1.29, 1.82) is 0 Å². The molecule has 2 nitrogen and oxygen atoms in total. The van der Waals surface area contributed by atoms with Crippen LogP contribution in [0.5, 0.6) is 0 Å². The van der Waals surface area contributed by atoms with Gasteiger partial charge in [0.05, 0.1) is 5.56 Å². The highest BCUT2D eigenvalue weighted by Gasteiger charge is 2.31. The van der Waals surface area contributed by atoms with Crippen LogP contribution in [0.25, 0.3) is 0 Å². The third-order valence-electron chi connectivity index (χ3n) is 3.23. The van der Waals surface area contributed by atoms with Crippen molar-refractivity contribution in [1.82, 2.24) is 4.98 Å². The van der Waals surface area contributed by atoms with E-state index in [1.165, 1.54) is 6.20 Å². The summed E-state index contributed by atoms with van der Waals surface area (Å²) in [6.45, 7) is 2.12. The molecule has 106 valence electrons. The van der Waals surface area contributed by atoms with E-state index in [1.807, 2.05) is 11.8 Å². The van der Waals surface area contributed by atoms with E-state index >= 15 is 0 Å². The van der Waals surface area contributed by atoms with Gasteiger partial charge in [0.2, 0.25) is 0 Å². The quantitative estimate of drug-likeness (QED) is 0.900. The van der Waals surface area contributed by atoms with Crippen molar-refractivity contribution in [2.45, 2.75) is 43.7 Å². The fourth-order valence-corrected chi connectivity index (χ4v) is 3.50. The molecule has 1 N–H and O–H groups in total. The molecule has 6 heteroatoms. The van der Waals surface area contributed by atoms with E-state index in [-0.39, 0.29) is 6.04 Å². The van der Waals surface area contributed by atoms with Crippen molar-refractivity contribution < 1.29 is 13.2 Å². The number of hydrogen-bond acceptors (Lipinski definition) is 3. The molecule has 2 unspecified atom stereocenters. The van der Waals surface area contributed by atoms with Gasteiger partial charge in [0.1, 0.15) is 5.82 Å². The number of rotatable bonds is 4. The van der Waals surface area contributed by atoms with E-state index in [1.54, 1.807) is 0 Å². The molecule has 1 aliphatic carbocycles. The second-order valence-corrected chi connectivity index (χ2v) is 6.24. The molecule has 2 atom stereocenters. The Morgan fingerprint density at radius 2 is 2.21 bits per heavy atom.